The summed E-state index contributed by atoms with van der Waals surface area (Å²) in [4.78, 5) is 38.4. The van der Waals surface area contributed by atoms with Crippen LogP contribution < -0.4 is 16.1 Å². The molecule has 3 aromatic carbocycles. The van der Waals surface area contributed by atoms with E-state index in [1.165, 1.54) is 24.4 Å². The van der Waals surface area contributed by atoms with Gasteiger partial charge < -0.3 is 10.6 Å². The van der Waals surface area contributed by atoms with Crippen LogP contribution in [0.4, 0.5) is 4.39 Å². The molecular weight excluding hydrogens is 483 g/mol. The molecule has 198 valence electrons. The van der Waals surface area contributed by atoms with Crippen LogP contribution in [0, 0.1) is 11.7 Å². The van der Waals surface area contributed by atoms with Gasteiger partial charge in [-0.15, -0.1) is 0 Å². The third-order valence-electron chi connectivity index (χ3n) is 5.79. The van der Waals surface area contributed by atoms with Gasteiger partial charge in [0, 0.05) is 17.3 Å². The van der Waals surface area contributed by atoms with Crippen molar-refractivity contribution in [3.05, 3.63) is 107 Å². The quantitative estimate of drug-likeness (QED) is 0.244. The van der Waals surface area contributed by atoms with Gasteiger partial charge in [0.1, 0.15) is 11.9 Å². The van der Waals surface area contributed by atoms with Gasteiger partial charge in [-0.25, -0.2) is 9.82 Å². The molecule has 8 heteroatoms. The number of carbonyl (C=O) groups is 3. The van der Waals surface area contributed by atoms with E-state index in [1.807, 2.05) is 50.2 Å². The maximum Gasteiger partial charge on any atom is 0.271 e. The Morgan fingerprint density at radius 2 is 1.50 bits per heavy atom. The molecule has 3 N–H and O–H groups in total. The summed E-state index contributed by atoms with van der Waals surface area (Å²) in [5.41, 5.74) is 4.19. The maximum absolute atomic E-state index is 13.6. The molecule has 0 saturated heterocycles. The summed E-state index contributed by atoms with van der Waals surface area (Å²) >= 11 is 0. The van der Waals surface area contributed by atoms with Gasteiger partial charge in [-0.2, -0.15) is 5.10 Å². The second kappa shape index (κ2) is 14.4. The third-order valence-corrected chi connectivity index (χ3v) is 5.79. The van der Waals surface area contributed by atoms with Gasteiger partial charge in [0.05, 0.1) is 6.04 Å². The highest BCUT2D eigenvalue weighted by molar-refractivity contribution is 5.98. The van der Waals surface area contributed by atoms with Crippen LogP contribution in [0.5, 0.6) is 0 Å². The van der Waals surface area contributed by atoms with E-state index in [2.05, 4.69) is 21.2 Å². The average Bonchev–Trinajstić information content (AvgIpc) is 2.91. The van der Waals surface area contributed by atoms with Crippen LogP contribution in [-0.2, 0) is 11.2 Å². The summed E-state index contributed by atoms with van der Waals surface area (Å²) < 4.78 is 13.6. The lowest BCUT2D eigenvalue weighted by atomic mass is 10.0. The molecule has 0 aliphatic heterocycles. The minimum absolute atomic E-state index is 0.111. The summed E-state index contributed by atoms with van der Waals surface area (Å²) in [7, 11) is 0. The van der Waals surface area contributed by atoms with E-state index in [0.29, 0.717) is 24.8 Å². The summed E-state index contributed by atoms with van der Waals surface area (Å²) in [6, 6.07) is 22.5. The van der Waals surface area contributed by atoms with Crippen LogP contribution in [0.2, 0.25) is 0 Å². The number of carbonyl (C=O) groups excluding carboxylic acids is 3. The van der Waals surface area contributed by atoms with Gasteiger partial charge in [0.25, 0.3) is 11.8 Å². The molecule has 3 aromatic rings. The Balaban J connectivity index is 1.71. The second-order valence-corrected chi connectivity index (χ2v) is 9.39. The molecule has 2 atom stereocenters. The molecule has 3 amide bonds. The fourth-order valence-corrected chi connectivity index (χ4v) is 3.85. The van der Waals surface area contributed by atoms with Crippen LogP contribution >= 0.6 is 0 Å². The molecule has 0 fully saturated rings. The Morgan fingerprint density at radius 1 is 0.842 bits per heavy atom. The van der Waals surface area contributed by atoms with Crippen molar-refractivity contribution in [2.45, 2.75) is 45.2 Å². The highest BCUT2D eigenvalue weighted by Gasteiger charge is 2.24. The van der Waals surface area contributed by atoms with E-state index in [4.69, 9.17) is 0 Å². The first-order valence-corrected chi connectivity index (χ1v) is 12.6. The SMILES string of the molecule is CC(C)C[C@H](NC(=O)c1cccc(F)c1)C(=O)N[C@H](/C=N/NC(=O)c1ccccc1)CCc1ccccc1. The highest BCUT2D eigenvalue weighted by atomic mass is 19.1. The molecule has 3 rings (SSSR count). The first kappa shape index (κ1) is 28.2. The summed E-state index contributed by atoms with van der Waals surface area (Å²) in [5, 5.41) is 9.76. The normalized spacial score (nSPS) is 12.6. The first-order chi connectivity index (χ1) is 18.3. The minimum atomic E-state index is -0.836. The maximum atomic E-state index is 13.6. The van der Waals surface area contributed by atoms with Crippen molar-refractivity contribution < 1.29 is 18.8 Å². The van der Waals surface area contributed by atoms with Crippen LogP contribution in [-0.4, -0.2) is 36.0 Å². The third kappa shape index (κ3) is 9.28. The van der Waals surface area contributed by atoms with Gasteiger partial charge in [0.15, 0.2) is 0 Å². The number of hydrogen-bond acceptors (Lipinski definition) is 4. The average molecular weight is 517 g/mol. The smallest absolute Gasteiger partial charge is 0.271 e. The number of aryl methyl sites for hydroxylation is 1. The topological polar surface area (TPSA) is 99.7 Å². The summed E-state index contributed by atoms with van der Waals surface area (Å²) in [6.45, 7) is 3.89. The fraction of sp³-hybridized carbons (Fsp3) is 0.267. The first-order valence-electron chi connectivity index (χ1n) is 12.6. The molecule has 0 radical (unpaired) electrons. The van der Waals surface area contributed by atoms with Gasteiger partial charge in [-0.1, -0.05) is 68.4 Å². The number of nitrogens with one attached hydrogen (secondary N) is 3. The lowest BCUT2D eigenvalue weighted by Crippen LogP contribution is -2.50. The number of hydrogen-bond donors (Lipinski definition) is 3. The van der Waals surface area contributed by atoms with Gasteiger partial charge in [0.2, 0.25) is 5.91 Å². The molecule has 0 unspecified atom stereocenters. The lowest BCUT2D eigenvalue weighted by molar-refractivity contribution is -0.123. The molecule has 0 heterocycles. The van der Waals surface area contributed by atoms with Gasteiger partial charge in [-0.3, -0.25) is 14.4 Å². The van der Waals surface area contributed by atoms with Crippen molar-refractivity contribution in [1.29, 1.82) is 0 Å². The van der Waals surface area contributed by atoms with Crippen molar-refractivity contribution >= 4 is 23.9 Å². The summed E-state index contributed by atoms with van der Waals surface area (Å²) in [6.07, 6.45) is 3.06. The van der Waals surface area contributed by atoms with E-state index < -0.39 is 23.8 Å². The Morgan fingerprint density at radius 3 is 2.16 bits per heavy atom. The lowest BCUT2D eigenvalue weighted by Gasteiger charge is -2.23. The van der Waals surface area contributed by atoms with Crippen LogP contribution in [0.15, 0.2) is 90.0 Å². The van der Waals surface area contributed by atoms with Crippen molar-refractivity contribution in [1.82, 2.24) is 16.1 Å². The Hall–Kier alpha value is -4.33. The molecule has 0 bridgehead atoms. The Labute approximate surface area is 222 Å². The van der Waals surface area contributed by atoms with Crippen LogP contribution in [0.3, 0.4) is 0 Å². The van der Waals surface area contributed by atoms with E-state index in [1.54, 1.807) is 24.3 Å². The predicted octanol–water partition coefficient (Wildman–Crippen LogP) is 4.50. The van der Waals surface area contributed by atoms with Crippen LogP contribution in [0.25, 0.3) is 0 Å². The van der Waals surface area contributed by atoms with Crippen LogP contribution in [0.1, 0.15) is 53.0 Å². The summed E-state index contributed by atoms with van der Waals surface area (Å²) in [5.74, 6) is -1.70. The number of benzene rings is 3. The molecule has 0 aliphatic carbocycles. The molecule has 0 aliphatic rings. The zero-order valence-corrected chi connectivity index (χ0v) is 21.6. The van der Waals surface area contributed by atoms with Crippen molar-refractivity contribution in [3.8, 4) is 0 Å². The largest absolute Gasteiger partial charge is 0.346 e. The number of nitrogens with zero attached hydrogens (tertiary/aromatic N) is 1. The second-order valence-electron chi connectivity index (χ2n) is 9.39. The fourth-order valence-electron chi connectivity index (χ4n) is 3.85. The number of rotatable bonds is 12. The van der Waals surface area contributed by atoms with E-state index in [9.17, 15) is 18.8 Å². The Kier molecular flexibility index (Phi) is 10.7. The van der Waals surface area contributed by atoms with Gasteiger partial charge in [-0.05, 0) is 61.1 Å². The molecular formula is C30H33FN4O3. The van der Waals surface area contributed by atoms with E-state index >= 15 is 0 Å². The number of halogens is 1. The van der Waals surface area contributed by atoms with Gasteiger partial charge >= 0.3 is 0 Å². The van der Waals surface area contributed by atoms with Crippen molar-refractivity contribution in [3.63, 3.8) is 0 Å². The van der Waals surface area contributed by atoms with Crippen molar-refractivity contribution in [2.75, 3.05) is 0 Å². The molecule has 0 saturated carbocycles. The van der Waals surface area contributed by atoms with E-state index in [0.717, 1.165) is 11.6 Å². The monoisotopic (exact) mass is 516 g/mol. The predicted molar refractivity (Wildman–Crippen MR) is 146 cm³/mol. The molecule has 7 nitrogen and oxygen atoms in total. The van der Waals surface area contributed by atoms with E-state index in [-0.39, 0.29) is 23.3 Å². The number of amides is 3. The van der Waals surface area contributed by atoms with Crippen molar-refractivity contribution in [2.24, 2.45) is 11.0 Å². The minimum Gasteiger partial charge on any atom is -0.346 e. The zero-order chi connectivity index (χ0) is 27.3. The standard InChI is InChI=1S/C30H33FN4O3/c1-21(2)18-27(34-28(36)24-14-9-15-25(31)19-24)30(38)33-26(17-16-22-10-5-3-6-11-22)20-32-35-29(37)23-12-7-4-8-13-23/h3-15,19-21,26-27H,16-18H2,1-2H3,(H,33,38)(H,34,36)(H,35,37)/b32-20+/t26-,27-/m0/s1. The molecule has 38 heavy (non-hydrogen) atoms. The highest BCUT2D eigenvalue weighted by Crippen LogP contribution is 2.10. The molecule has 0 aromatic heterocycles. The molecule has 0 spiro atoms. The number of hydrazone groups is 1. The Bertz CT molecular complexity index is 1230. The zero-order valence-electron chi connectivity index (χ0n) is 21.6.